The molecular weight excluding hydrogens is 286 g/mol. The van der Waals surface area contributed by atoms with Crippen molar-refractivity contribution < 1.29 is 9.47 Å². The Kier molecular flexibility index (Phi) is 5.40. The van der Waals surface area contributed by atoms with E-state index >= 15 is 0 Å². The quantitative estimate of drug-likeness (QED) is 0.765. The monoisotopic (exact) mass is 323 g/mol. The van der Waals surface area contributed by atoms with Gasteiger partial charge in [-0.2, -0.15) is 0 Å². The molecule has 1 atom stereocenters. The third-order valence-electron chi connectivity index (χ3n) is 6.53. The van der Waals surface area contributed by atoms with Crippen LogP contribution in [0.5, 0.6) is 0 Å². The molecule has 3 nitrogen and oxygen atoms in total. The van der Waals surface area contributed by atoms with Crippen LogP contribution < -0.4 is 0 Å². The van der Waals surface area contributed by atoms with Crippen LogP contribution in [0.3, 0.4) is 0 Å². The van der Waals surface area contributed by atoms with Crippen LogP contribution in [0.4, 0.5) is 0 Å². The van der Waals surface area contributed by atoms with Crippen LogP contribution in [0.1, 0.15) is 72.6 Å². The maximum absolute atomic E-state index is 6.41. The summed E-state index contributed by atoms with van der Waals surface area (Å²) in [5, 5.41) is 0. The van der Waals surface area contributed by atoms with Crippen molar-refractivity contribution in [2.24, 2.45) is 17.3 Å². The first-order chi connectivity index (χ1) is 10.9. The first-order valence-corrected chi connectivity index (χ1v) is 9.90. The lowest BCUT2D eigenvalue weighted by molar-refractivity contribution is -0.197. The molecule has 2 saturated heterocycles. The predicted molar refractivity (Wildman–Crippen MR) is 94.4 cm³/mol. The zero-order chi connectivity index (χ0) is 16.5. The summed E-state index contributed by atoms with van der Waals surface area (Å²) in [5.41, 5.74) is 0.422. The number of ether oxygens (including phenoxy) is 2. The fraction of sp³-hybridized carbons (Fsp3) is 1.00. The molecule has 3 aliphatic rings. The molecule has 134 valence electrons. The van der Waals surface area contributed by atoms with Gasteiger partial charge in [-0.25, -0.2) is 0 Å². The zero-order valence-corrected chi connectivity index (χ0v) is 15.8. The molecule has 3 fully saturated rings. The molecule has 0 N–H and O–H groups in total. The molecular formula is C20H37NO2. The van der Waals surface area contributed by atoms with E-state index in [-0.39, 0.29) is 5.79 Å². The molecule has 1 aliphatic carbocycles. The van der Waals surface area contributed by atoms with Crippen LogP contribution in [-0.4, -0.2) is 43.0 Å². The van der Waals surface area contributed by atoms with Crippen LogP contribution in [0.25, 0.3) is 0 Å². The minimum atomic E-state index is -0.233. The second-order valence-electron chi connectivity index (χ2n) is 9.41. The van der Waals surface area contributed by atoms with E-state index in [1.54, 1.807) is 0 Å². The van der Waals surface area contributed by atoms with Gasteiger partial charge in [0, 0.05) is 19.4 Å². The van der Waals surface area contributed by atoms with Gasteiger partial charge in [-0.3, -0.25) is 0 Å². The van der Waals surface area contributed by atoms with E-state index in [1.165, 1.54) is 45.3 Å². The molecule has 3 heteroatoms. The number of piperidine rings is 1. The molecule has 1 saturated carbocycles. The van der Waals surface area contributed by atoms with E-state index in [2.05, 4.69) is 32.6 Å². The van der Waals surface area contributed by atoms with Gasteiger partial charge < -0.3 is 14.4 Å². The highest BCUT2D eigenvalue weighted by molar-refractivity contribution is 4.89. The lowest BCUT2D eigenvalue weighted by atomic mass is 9.71. The van der Waals surface area contributed by atoms with Crippen molar-refractivity contribution in [1.29, 1.82) is 0 Å². The van der Waals surface area contributed by atoms with Crippen molar-refractivity contribution in [3.63, 3.8) is 0 Å². The predicted octanol–water partition coefficient (Wildman–Crippen LogP) is 4.46. The number of rotatable bonds is 3. The molecule has 0 aromatic carbocycles. The highest BCUT2D eigenvalue weighted by Gasteiger charge is 2.45. The Bertz CT molecular complexity index is 374. The number of nitrogens with zero attached hydrogens (tertiary/aromatic N) is 1. The van der Waals surface area contributed by atoms with Gasteiger partial charge in [0.05, 0.1) is 12.7 Å². The van der Waals surface area contributed by atoms with E-state index in [1.807, 2.05) is 0 Å². The van der Waals surface area contributed by atoms with E-state index in [0.29, 0.717) is 11.5 Å². The Hall–Kier alpha value is -0.120. The second-order valence-corrected chi connectivity index (χ2v) is 9.41. The molecule has 0 radical (unpaired) electrons. The van der Waals surface area contributed by atoms with Gasteiger partial charge in [0.2, 0.25) is 0 Å². The van der Waals surface area contributed by atoms with Gasteiger partial charge in [0.15, 0.2) is 5.79 Å². The maximum atomic E-state index is 6.41. The van der Waals surface area contributed by atoms with Gasteiger partial charge in [-0.1, -0.05) is 27.7 Å². The summed E-state index contributed by atoms with van der Waals surface area (Å²) in [6.45, 7) is 14.0. The lowest BCUT2D eigenvalue weighted by Gasteiger charge is -2.41. The Balaban J connectivity index is 1.41. The third kappa shape index (κ3) is 4.49. The summed E-state index contributed by atoms with van der Waals surface area (Å²) in [6.07, 6.45) is 8.86. The minimum Gasteiger partial charge on any atom is -0.347 e. The van der Waals surface area contributed by atoms with Gasteiger partial charge in [-0.05, 0) is 62.4 Å². The summed E-state index contributed by atoms with van der Waals surface area (Å²) in [4.78, 5) is 2.62. The first-order valence-electron chi connectivity index (χ1n) is 9.90. The van der Waals surface area contributed by atoms with E-state index in [9.17, 15) is 0 Å². The molecule has 3 rings (SSSR count). The summed E-state index contributed by atoms with van der Waals surface area (Å²) in [7, 11) is 0. The van der Waals surface area contributed by atoms with Crippen molar-refractivity contribution in [2.75, 3.05) is 26.2 Å². The van der Waals surface area contributed by atoms with Crippen LogP contribution >= 0.6 is 0 Å². The topological polar surface area (TPSA) is 21.7 Å². The molecule has 0 aromatic heterocycles. The average Bonchev–Trinajstić information content (AvgIpc) is 2.89. The van der Waals surface area contributed by atoms with E-state index in [4.69, 9.17) is 9.47 Å². The van der Waals surface area contributed by atoms with Gasteiger partial charge in [-0.15, -0.1) is 0 Å². The molecule has 23 heavy (non-hydrogen) atoms. The Labute approximate surface area is 143 Å². The van der Waals surface area contributed by atoms with Crippen molar-refractivity contribution in [2.45, 2.75) is 84.5 Å². The van der Waals surface area contributed by atoms with Crippen LogP contribution in [0.15, 0.2) is 0 Å². The Morgan fingerprint density at radius 2 is 1.70 bits per heavy atom. The fourth-order valence-corrected chi connectivity index (χ4v) is 4.56. The molecule has 0 bridgehead atoms. The lowest BCUT2D eigenvalue weighted by Crippen LogP contribution is -2.39. The van der Waals surface area contributed by atoms with Crippen molar-refractivity contribution >= 4 is 0 Å². The Morgan fingerprint density at radius 3 is 2.30 bits per heavy atom. The highest BCUT2D eigenvalue weighted by atomic mass is 16.7. The van der Waals surface area contributed by atoms with Crippen LogP contribution in [0.2, 0.25) is 0 Å². The van der Waals surface area contributed by atoms with E-state index in [0.717, 1.165) is 37.7 Å². The standard InChI is InChI=1S/C20H37NO2/c1-16-7-12-21(13-8-16)14-9-18-15-22-20(23-18)10-5-17(6-11-20)19(2,3)4/h16-18H,5-15H2,1-4H3. The molecule has 0 aromatic rings. The van der Waals surface area contributed by atoms with Crippen LogP contribution in [0, 0.1) is 17.3 Å². The molecule has 0 amide bonds. The summed E-state index contributed by atoms with van der Waals surface area (Å²) in [5.74, 6) is 1.50. The van der Waals surface area contributed by atoms with Crippen molar-refractivity contribution in [3.8, 4) is 0 Å². The number of hydrogen-bond donors (Lipinski definition) is 0. The maximum Gasteiger partial charge on any atom is 0.168 e. The summed E-state index contributed by atoms with van der Waals surface area (Å²) >= 11 is 0. The molecule has 2 heterocycles. The molecule has 2 aliphatic heterocycles. The number of hydrogen-bond acceptors (Lipinski definition) is 3. The molecule has 1 spiro atoms. The zero-order valence-electron chi connectivity index (χ0n) is 15.8. The van der Waals surface area contributed by atoms with Gasteiger partial charge in [0.25, 0.3) is 0 Å². The SMILES string of the molecule is CC1CCN(CCC2COC3(CCC(C(C)(C)C)CC3)O2)CC1. The summed E-state index contributed by atoms with van der Waals surface area (Å²) < 4.78 is 12.6. The molecule has 1 unspecified atom stereocenters. The average molecular weight is 324 g/mol. The Morgan fingerprint density at radius 1 is 1.04 bits per heavy atom. The van der Waals surface area contributed by atoms with Crippen molar-refractivity contribution in [3.05, 3.63) is 0 Å². The highest BCUT2D eigenvalue weighted by Crippen LogP contribution is 2.45. The fourth-order valence-electron chi connectivity index (χ4n) is 4.56. The smallest absolute Gasteiger partial charge is 0.168 e. The van der Waals surface area contributed by atoms with Gasteiger partial charge in [0.1, 0.15) is 0 Å². The largest absolute Gasteiger partial charge is 0.347 e. The van der Waals surface area contributed by atoms with Crippen LogP contribution in [-0.2, 0) is 9.47 Å². The second kappa shape index (κ2) is 7.01. The van der Waals surface area contributed by atoms with Gasteiger partial charge >= 0.3 is 0 Å². The summed E-state index contributed by atoms with van der Waals surface area (Å²) in [6, 6.07) is 0. The third-order valence-corrected chi connectivity index (χ3v) is 6.53. The van der Waals surface area contributed by atoms with E-state index < -0.39 is 0 Å². The minimum absolute atomic E-state index is 0.233. The van der Waals surface area contributed by atoms with Crippen molar-refractivity contribution in [1.82, 2.24) is 4.90 Å². The first kappa shape index (κ1) is 17.7. The number of likely N-dealkylation sites (tertiary alicyclic amines) is 1. The normalized spacial score (nSPS) is 37.6.